The predicted molar refractivity (Wildman–Crippen MR) is 80.0 cm³/mol. The van der Waals surface area contributed by atoms with Gasteiger partial charge in [0.15, 0.2) is 0 Å². The van der Waals surface area contributed by atoms with Crippen LogP contribution in [-0.2, 0) is 14.3 Å². The second-order valence-corrected chi connectivity index (χ2v) is 5.19. The number of nitrogens with one attached hydrogen (secondary N) is 1. The first-order valence-electron chi connectivity index (χ1n) is 7.62. The summed E-state index contributed by atoms with van der Waals surface area (Å²) in [6, 6.07) is -0.0388. The molecule has 8 heteroatoms. The van der Waals surface area contributed by atoms with E-state index in [-0.39, 0.29) is 18.8 Å². The van der Waals surface area contributed by atoms with Gasteiger partial charge in [-0.15, -0.1) is 0 Å². The van der Waals surface area contributed by atoms with Gasteiger partial charge in [-0.05, 0) is 32.6 Å². The van der Waals surface area contributed by atoms with Crippen molar-refractivity contribution in [1.82, 2.24) is 15.3 Å². The number of nitrogens with zero attached hydrogens (tertiary/aromatic N) is 2. The molecule has 1 N–H and O–H groups in total. The molecule has 1 saturated carbocycles. The van der Waals surface area contributed by atoms with Crippen molar-refractivity contribution in [3.8, 4) is 11.8 Å². The van der Waals surface area contributed by atoms with Crippen LogP contribution in [0.2, 0.25) is 0 Å². The number of rotatable bonds is 5. The quantitative estimate of drug-likeness (QED) is 0.633. The number of hydrogen-bond donors (Lipinski definition) is 1. The Morgan fingerprint density at radius 3 is 2.57 bits per heavy atom. The van der Waals surface area contributed by atoms with Gasteiger partial charge in [-0.1, -0.05) is 0 Å². The molecular formula is C15H21N3O5. The molecule has 1 aliphatic rings. The Bertz CT molecular complexity index is 544. The zero-order valence-electron chi connectivity index (χ0n) is 13.3. The Hall–Kier alpha value is -2.38. The van der Waals surface area contributed by atoms with Gasteiger partial charge in [0.25, 0.3) is 0 Å². The van der Waals surface area contributed by atoms with Crippen LogP contribution in [0.3, 0.4) is 0 Å². The molecule has 23 heavy (non-hydrogen) atoms. The third kappa shape index (κ3) is 5.08. The van der Waals surface area contributed by atoms with E-state index in [0.29, 0.717) is 11.8 Å². The van der Waals surface area contributed by atoms with E-state index in [1.54, 1.807) is 6.92 Å². The van der Waals surface area contributed by atoms with Crippen LogP contribution in [0.25, 0.3) is 0 Å². The first-order valence-corrected chi connectivity index (χ1v) is 7.62. The number of esters is 1. The lowest BCUT2D eigenvalue weighted by atomic mass is 9.93. The van der Waals surface area contributed by atoms with E-state index in [4.69, 9.17) is 9.47 Å². The topological polar surface area (TPSA) is 99.6 Å². The van der Waals surface area contributed by atoms with E-state index < -0.39 is 11.9 Å². The maximum absolute atomic E-state index is 11.6. The van der Waals surface area contributed by atoms with Gasteiger partial charge in [-0.25, -0.2) is 4.79 Å². The van der Waals surface area contributed by atoms with E-state index in [1.165, 1.54) is 19.5 Å². The molecule has 0 saturated heterocycles. The normalized spacial score (nSPS) is 20.4. The van der Waals surface area contributed by atoms with Crippen molar-refractivity contribution in [2.75, 3.05) is 13.7 Å². The Morgan fingerprint density at radius 1 is 1.22 bits per heavy atom. The smallest absolute Gasteiger partial charge is 0.396 e. The maximum Gasteiger partial charge on any atom is 0.396 e. The van der Waals surface area contributed by atoms with E-state index >= 15 is 0 Å². The summed E-state index contributed by atoms with van der Waals surface area (Å²) < 4.78 is 15.4. The number of carbonyl (C=O) groups is 2. The van der Waals surface area contributed by atoms with Crippen molar-refractivity contribution < 1.29 is 23.8 Å². The van der Waals surface area contributed by atoms with Gasteiger partial charge in [0, 0.05) is 6.04 Å². The lowest BCUT2D eigenvalue weighted by Gasteiger charge is -2.28. The molecule has 126 valence electrons. The minimum absolute atomic E-state index is 0.00662. The molecular weight excluding hydrogens is 302 g/mol. The van der Waals surface area contributed by atoms with Gasteiger partial charge in [-0.3, -0.25) is 9.78 Å². The van der Waals surface area contributed by atoms with Gasteiger partial charge in [0.05, 0.1) is 26.1 Å². The third-order valence-electron chi connectivity index (χ3n) is 3.56. The van der Waals surface area contributed by atoms with Gasteiger partial charge in [-0.2, -0.15) is 4.98 Å². The van der Waals surface area contributed by atoms with Crippen LogP contribution in [0, 0.1) is 0 Å². The largest absolute Gasteiger partial charge is 0.480 e. The lowest BCUT2D eigenvalue weighted by Crippen LogP contribution is -2.43. The molecule has 0 unspecified atom stereocenters. The first-order chi connectivity index (χ1) is 11.1. The van der Waals surface area contributed by atoms with E-state index in [2.05, 4.69) is 20.0 Å². The molecule has 0 spiro atoms. The minimum Gasteiger partial charge on any atom is -0.480 e. The first kappa shape index (κ1) is 17.0. The van der Waals surface area contributed by atoms with Crippen molar-refractivity contribution in [3.05, 3.63) is 12.4 Å². The molecule has 2 rings (SSSR count). The number of hydrogen-bond acceptors (Lipinski definition) is 7. The molecule has 1 aliphatic carbocycles. The summed E-state index contributed by atoms with van der Waals surface area (Å²) in [5.41, 5.74) is 0. The van der Waals surface area contributed by atoms with E-state index in [1.807, 2.05) is 0 Å². The highest BCUT2D eigenvalue weighted by Crippen LogP contribution is 2.23. The fourth-order valence-electron chi connectivity index (χ4n) is 2.42. The number of methoxy groups -OCH3 is 1. The number of carbonyl (C=O) groups excluding carboxylic acids is 2. The second-order valence-electron chi connectivity index (χ2n) is 5.19. The molecule has 1 aromatic rings. The van der Waals surface area contributed by atoms with E-state index in [9.17, 15) is 9.59 Å². The average Bonchev–Trinajstić information content (AvgIpc) is 2.57. The summed E-state index contributed by atoms with van der Waals surface area (Å²) in [6.07, 6.45) is 6.03. The molecule has 1 fully saturated rings. The van der Waals surface area contributed by atoms with Crippen LogP contribution in [-0.4, -0.2) is 47.7 Å². The molecule has 0 radical (unpaired) electrons. The molecule has 1 aromatic heterocycles. The van der Waals surface area contributed by atoms with Crippen LogP contribution < -0.4 is 14.8 Å². The third-order valence-corrected chi connectivity index (χ3v) is 3.56. The number of aromatic nitrogens is 2. The van der Waals surface area contributed by atoms with Crippen molar-refractivity contribution in [1.29, 1.82) is 0 Å². The monoisotopic (exact) mass is 323 g/mol. The molecule has 1 heterocycles. The zero-order valence-corrected chi connectivity index (χ0v) is 13.3. The Balaban J connectivity index is 1.77. The molecule has 8 nitrogen and oxygen atoms in total. The second kappa shape index (κ2) is 8.30. The predicted octanol–water partition coefficient (Wildman–Crippen LogP) is 0.854. The van der Waals surface area contributed by atoms with Crippen LogP contribution in [0.5, 0.6) is 11.8 Å². The van der Waals surface area contributed by atoms with Crippen molar-refractivity contribution in [2.24, 2.45) is 0 Å². The summed E-state index contributed by atoms with van der Waals surface area (Å²) in [5, 5.41) is 2.69. The van der Waals surface area contributed by atoms with Crippen molar-refractivity contribution in [2.45, 2.75) is 44.8 Å². The maximum atomic E-state index is 11.6. The fourth-order valence-corrected chi connectivity index (χ4v) is 2.42. The molecule has 0 atom stereocenters. The van der Waals surface area contributed by atoms with Gasteiger partial charge in [0.1, 0.15) is 6.10 Å². The Kier molecular flexibility index (Phi) is 6.13. The molecule has 0 aromatic carbocycles. The Morgan fingerprint density at radius 2 is 1.91 bits per heavy atom. The van der Waals surface area contributed by atoms with Gasteiger partial charge < -0.3 is 19.5 Å². The zero-order chi connectivity index (χ0) is 16.7. The molecule has 0 aliphatic heterocycles. The highest BCUT2D eigenvalue weighted by Gasteiger charge is 2.26. The van der Waals surface area contributed by atoms with Gasteiger partial charge in [0.2, 0.25) is 11.8 Å². The summed E-state index contributed by atoms with van der Waals surface area (Å²) in [5.74, 6) is -0.700. The number of ether oxygens (including phenoxy) is 3. The highest BCUT2D eigenvalue weighted by atomic mass is 16.5. The van der Waals surface area contributed by atoms with Crippen LogP contribution in [0.4, 0.5) is 0 Å². The minimum atomic E-state index is -0.836. The van der Waals surface area contributed by atoms with Crippen molar-refractivity contribution >= 4 is 11.9 Å². The van der Waals surface area contributed by atoms with Crippen molar-refractivity contribution in [3.63, 3.8) is 0 Å². The average molecular weight is 323 g/mol. The highest BCUT2D eigenvalue weighted by molar-refractivity contribution is 6.32. The standard InChI is InChI=1S/C15H21N3O5/c1-3-22-15(20)14(19)17-10-4-6-11(7-5-10)23-13-9-16-8-12(18-13)21-2/h8-11H,3-7H2,1-2H3,(H,17,19). The fraction of sp³-hybridized carbons (Fsp3) is 0.600. The summed E-state index contributed by atoms with van der Waals surface area (Å²) in [7, 11) is 1.52. The van der Waals surface area contributed by atoms with Gasteiger partial charge >= 0.3 is 11.9 Å². The summed E-state index contributed by atoms with van der Waals surface area (Å²) in [6.45, 7) is 1.85. The van der Waals surface area contributed by atoms with E-state index in [0.717, 1.165) is 25.7 Å². The lowest BCUT2D eigenvalue weighted by molar-refractivity contribution is -0.155. The Labute approximate surface area is 134 Å². The van der Waals surface area contributed by atoms with Crippen LogP contribution >= 0.6 is 0 Å². The summed E-state index contributed by atoms with van der Waals surface area (Å²) in [4.78, 5) is 31.0. The summed E-state index contributed by atoms with van der Waals surface area (Å²) >= 11 is 0. The molecule has 1 amide bonds. The SMILES string of the molecule is CCOC(=O)C(=O)NC1CCC(Oc2cncc(OC)n2)CC1. The van der Waals surface area contributed by atoms with Crippen LogP contribution in [0.15, 0.2) is 12.4 Å². The van der Waals surface area contributed by atoms with Crippen LogP contribution in [0.1, 0.15) is 32.6 Å². The molecule has 0 bridgehead atoms. The number of amides is 1.